The van der Waals surface area contributed by atoms with Crippen molar-refractivity contribution in [3.8, 4) is 5.88 Å². The van der Waals surface area contributed by atoms with E-state index in [1.165, 1.54) is 19.4 Å². The Morgan fingerprint density at radius 1 is 1.56 bits per heavy atom. The molecule has 0 radical (unpaired) electrons. The molecule has 98 valence electrons. The van der Waals surface area contributed by atoms with Gasteiger partial charge in [-0.15, -0.1) is 0 Å². The topological polar surface area (TPSA) is 64.3 Å². The lowest BCUT2D eigenvalue weighted by atomic mass is 10.1. The summed E-state index contributed by atoms with van der Waals surface area (Å²) in [6.45, 7) is 1.79. The van der Waals surface area contributed by atoms with Crippen LogP contribution in [-0.4, -0.2) is 46.1 Å². The molecule has 2 rings (SSSR count). The number of thiocarbonyl (C=S) groups is 1. The van der Waals surface area contributed by atoms with Crippen LogP contribution in [0.2, 0.25) is 0 Å². The van der Waals surface area contributed by atoms with Crippen molar-refractivity contribution < 1.29 is 4.74 Å². The molecule has 1 aliphatic rings. The van der Waals surface area contributed by atoms with Gasteiger partial charge < -0.3 is 15.4 Å². The molecule has 1 atom stereocenters. The molecule has 2 heterocycles. The molecule has 0 aliphatic carbocycles. The molecule has 1 aromatic heterocycles. The fourth-order valence-electron chi connectivity index (χ4n) is 2.24. The Morgan fingerprint density at radius 2 is 2.33 bits per heavy atom. The maximum Gasteiger partial charge on any atom is 0.243 e. The van der Waals surface area contributed by atoms with Crippen LogP contribution in [0.3, 0.4) is 0 Å². The summed E-state index contributed by atoms with van der Waals surface area (Å²) in [5.41, 5.74) is 6.04. The first kappa shape index (κ1) is 13.2. The molecule has 1 aromatic rings. The average molecular weight is 266 g/mol. The van der Waals surface area contributed by atoms with Crippen LogP contribution >= 0.6 is 12.2 Å². The van der Waals surface area contributed by atoms with E-state index in [9.17, 15) is 0 Å². The van der Waals surface area contributed by atoms with Gasteiger partial charge >= 0.3 is 0 Å². The van der Waals surface area contributed by atoms with Crippen LogP contribution in [-0.2, 0) is 0 Å². The zero-order valence-electron chi connectivity index (χ0n) is 10.5. The van der Waals surface area contributed by atoms with Crippen molar-refractivity contribution in [2.45, 2.75) is 25.3 Å². The van der Waals surface area contributed by atoms with Crippen LogP contribution in [0.5, 0.6) is 5.88 Å². The lowest BCUT2D eigenvalue weighted by molar-refractivity contribution is 0.228. The van der Waals surface area contributed by atoms with Crippen molar-refractivity contribution in [2.24, 2.45) is 5.73 Å². The second-order valence-electron chi connectivity index (χ2n) is 4.49. The number of nitrogens with zero attached hydrogens (tertiary/aromatic N) is 3. The largest absolute Gasteiger partial charge is 0.476 e. The molecule has 0 saturated carbocycles. The fourth-order valence-corrected chi connectivity index (χ4v) is 2.38. The molecule has 1 fully saturated rings. The first-order valence-corrected chi connectivity index (χ1v) is 6.53. The maximum atomic E-state index is 5.64. The van der Waals surface area contributed by atoms with E-state index in [1.54, 1.807) is 12.4 Å². The van der Waals surface area contributed by atoms with Crippen LogP contribution < -0.4 is 10.5 Å². The second-order valence-corrected chi connectivity index (χ2v) is 4.93. The minimum Gasteiger partial charge on any atom is -0.476 e. The normalized spacial score (nSPS) is 19.9. The van der Waals surface area contributed by atoms with Crippen molar-refractivity contribution in [1.29, 1.82) is 0 Å². The summed E-state index contributed by atoms with van der Waals surface area (Å²) in [5.74, 6) is 0.436. The van der Waals surface area contributed by atoms with Crippen molar-refractivity contribution in [3.63, 3.8) is 0 Å². The molecule has 0 spiro atoms. The van der Waals surface area contributed by atoms with E-state index in [0.717, 1.165) is 6.42 Å². The number of rotatable bonds is 5. The lowest BCUT2D eigenvalue weighted by Gasteiger charge is -2.19. The highest BCUT2D eigenvalue weighted by Gasteiger charge is 2.20. The Labute approximate surface area is 112 Å². The highest BCUT2D eigenvalue weighted by atomic mass is 32.1. The van der Waals surface area contributed by atoms with Gasteiger partial charge in [-0.3, -0.25) is 0 Å². The fraction of sp³-hybridized carbons (Fsp3) is 0.583. The van der Waals surface area contributed by atoms with Gasteiger partial charge in [-0.05, 0) is 32.9 Å². The highest BCUT2D eigenvalue weighted by Crippen LogP contribution is 2.18. The van der Waals surface area contributed by atoms with Gasteiger partial charge in [0.1, 0.15) is 4.99 Å². The molecule has 2 N–H and O–H groups in total. The van der Waals surface area contributed by atoms with E-state index in [4.69, 9.17) is 22.7 Å². The van der Waals surface area contributed by atoms with Gasteiger partial charge in [0.2, 0.25) is 5.88 Å². The van der Waals surface area contributed by atoms with E-state index in [0.29, 0.717) is 24.2 Å². The lowest BCUT2D eigenvalue weighted by Crippen LogP contribution is -2.26. The zero-order chi connectivity index (χ0) is 13.0. The summed E-state index contributed by atoms with van der Waals surface area (Å²) < 4.78 is 5.64. The van der Waals surface area contributed by atoms with Gasteiger partial charge in [0.15, 0.2) is 5.69 Å². The molecule has 1 unspecified atom stereocenters. The first-order chi connectivity index (χ1) is 8.68. The van der Waals surface area contributed by atoms with E-state index in [1.807, 2.05) is 0 Å². The number of hydrogen-bond acceptors (Lipinski definition) is 5. The number of likely N-dealkylation sites (tertiary alicyclic amines) is 1. The highest BCUT2D eigenvalue weighted by molar-refractivity contribution is 7.80. The van der Waals surface area contributed by atoms with Gasteiger partial charge in [0.25, 0.3) is 0 Å². The maximum absolute atomic E-state index is 5.64. The third-order valence-electron chi connectivity index (χ3n) is 3.26. The minimum atomic E-state index is 0.219. The van der Waals surface area contributed by atoms with Crippen LogP contribution in [0.4, 0.5) is 0 Å². The standard InChI is InChI=1S/C12H18N4OS/c1-16-7-2-3-9(16)4-8-17-12-10(11(13)18)14-5-6-15-12/h5-6,9H,2-4,7-8H2,1H3,(H2,13,18). The number of aromatic nitrogens is 2. The molecule has 6 heteroatoms. The zero-order valence-corrected chi connectivity index (χ0v) is 11.3. The van der Waals surface area contributed by atoms with Crippen molar-refractivity contribution in [1.82, 2.24) is 14.9 Å². The number of nitrogens with two attached hydrogens (primary N) is 1. The second kappa shape index (κ2) is 6.06. The van der Waals surface area contributed by atoms with Gasteiger partial charge in [-0.25, -0.2) is 9.97 Å². The summed E-state index contributed by atoms with van der Waals surface area (Å²) in [5, 5.41) is 0. The molecule has 0 bridgehead atoms. The molecule has 0 amide bonds. The molecule has 18 heavy (non-hydrogen) atoms. The Kier molecular flexibility index (Phi) is 4.43. The number of ether oxygens (including phenoxy) is 1. The predicted octanol–water partition coefficient (Wildman–Crippen LogP) is 0.974. The smallest absolute Gasteiger partial charge is 0.243 e. The van der Waals surface area contributed by atoms with Gasteiger partial charge in [0, 0.05) is 18.4 Å². The van der Waals surface area contributed by atoms with Crippen LogP contribution in [0.1, 0.15) is 25.0 Å². The first-order valence-electron chi connectivity index (χ1n) is 6.12. The van der Waals surface area contributed by atoms with Crippen molar-refractivity contribution in [2.75, 3.05) is 20.2 Å². The SMILES string of the molecule is CN1CCCC1CCOc1nccnc1C(N)=S. The third kappa shape index (κ3) is 3.14. The van der Waals surface area contributed by atoms with E-state index >= 15 is 0 Å². The summed E-state index contributed by atoms with van der Waals surface area (Å²) in [6.07, 6.45) is 6.64. The van der Waals surface area contributed by atoms with Crippen molar-refractivity contribution in [3.05, 3.63) is 18.1 Å². The van der Waals surface area contributed by atoms with E-state index in [2.05, 4.69) is 21.9 Å². The Morgan fingerprint density at radius 3 is 3.00 bits per heavy atom. The molecule has 5 nitrogen and oxygen atoms in total. The summed E-state index contributed by atoms with van der Waals surface area (Å²) in [4.78, 5) is 10.8. The van der Waals surface area contributed by atoms with Gasteiger partial charge in [-0.2, -0.15) is 0 Å². The summed E-state index contributed by atoms with van der Waals surface area (Å²) in [6, 6.07) is 0.606. The van der Waals surface area contributed by atoms with E-state index < -0.39 is 0 Å². The van der Waals surface area contributed by atoms with Crippen LogP contribution in [0.15, 0.2) is 12.4 Å². The molecule has 1 aliphatic heterocycles. The molecule has 0 aromatic carbocycles. The predicted molar refractivity (Wildman–Crippen MR) is 73.7 cm³/mol. The average Bonchev–Trinajstić information content (AvgIpc) is 2.76. The van der Waals surface area contributed by atoms with Crippen molar-refractivity contribution >= 4 is 17.2 Å². The minimum absolute atomic E-state index is 0.219. The third-order valence-corrected chi connectivity index (χ3v) is 3.45. The Bertz CT molecular complexity index is 426. The molecular weight excluding hydrogens is 248 g/mol. The summed E-state index contributed by atoms with van der Waals surface area (Å²) in [7, 11) is 2.15. The molecule has 1 saturated heterocycles. The Balaban J connectivity index is 1.88. The van der Waals surface area contributed by atoms with Gasteiger partial charge in [-0.1, -0.05) is 12.2 Å². The quantitative estimate of drug-likeness (QED) is 0.801. The monoisotopic (exact) mass is 266 g/mol. The summed E-state index contributed by atoms with van der Waals surface area (Å²) >= 11 is 4.91. The number of hydrogen-bond donors (Lipinski definition) is 1. The molecular formula is C12H18N4OS. The van der Waals surface area contributed by atoms with Crippen LogP contribution in [0.25, 0.3) is 0 Å². The van der Waals surface area contributed by atoms with Gasteiger partial charge in [0.05, 0.1) is 6.61 Å². The van der Waals surface area contributed by atoms with Crippen LogP contribution in [0, 0.1) is 0 Å². The van der Waals surface area contributed by atoms with E-state index in [-0.39, 0.29) is 4.99 Å². The Hall–Kier alpha value is -1.27.